The number of nitrogens with one attached hydrogen (secondary N) is 1. The van der Waals surface area contributed by atoms with Crippen molar-refractivity contribution in [3.05, 3.63) is 67.2 Å². The highest BCUT2D eigenvalue weighted by atomic mass is 35.5. The van der Waals surface area contributed by atoms with Crippen molar-refractivity contribution in [1.82, 2.24) is 4.90 Å². The Morgan fingerprint density at radius 1 is 1.18 bits per heavy atom. The normalized spacial score (nSPS) is 17.2. The van der Waals surface area contributed by atoms with Crippen LogP contribution in [0.4, 0.5) is 17.1 Å². The average molecular weight is 407 g/mol. The summed E-state index contributed by atoms with van der Waals surface area (Å²) in [7, 11) is 0. The molecule has 0 saturated carbocycles. The lowest BCUT2D eigenvalue weighted by Crippen LogP contribution is -2.41. The fourth-order valence-corrected chi connectivity index (χ4v) is 3.56. The summed E-state index contributed by atoms with van der Waals surface area (Å²) in [6.45, 7) is 1.94. The van der Waals surface area contributed by atoms with E-state index in [4.69, 9.17) is 11.6 Å². The third-order valence-electron chi connectivity index (χ3n) is 4.69. The molecule has 0 aromatic heterocycles. The van der Waals surface area contributed by atoms with Crippen molar-refractivity contribution in [3.8, 4) is 5.75 Å². The minimum absolute atomic E-state index is 0.0600. The van der Waals surface area contributed by atoms with E-state index in [1.807, 2.05) is 0 Å². The highest BCUT2D eigenvalue weighted by Gasteiger charge is 2.25. The molecule has 0 unspecified atom stereocenters. The van der Waals surface area contributed by atoms with Crippen LogP contribution in [0, 0.1) is 20.2 Å². The number of non-ortho nitro benzene ring substituents is 1. The molecular formula is C18H19ClN4O5. The van der Waals surface area contributed by atoms with Gasteiger partial charge in [-0.3, -0.25) is 25.1 Å². The number of anilines is 1. The summed E-state index contributed by atoms with van der Waals surface area (Å²) < 4.78 is 0. The van der Waals surface area contributed by atoms with Gasteiger partial charge in [-0.15, -0.1) is 0 Å². The molecule has 0 radical (unpaired) electrons. The Labute approximate surface area is 165 Å². The molecule has 1 heterocycles. The van der Waals surface area contributed by atoms with Gasteiger partial charge in [-0.25, -0.2) is 0 Å². The molecule has 2 N–H and O–H groups in total. The van der Waals surface area contributed by atoms with E-state index in [1.165, 1.54) is 12.1 Å². The van der Waals surface area contributed by atoms with Crippen molar-refractivity contribution in [2.45, 2.75) is 25.4 Å². The second kappa shape index (κ2) is 8.41. The van der Waals surface area contributed by atoms with E-state index in [9.17, 15) is 25.3 Å². The fraction of sp³-hybridized carbons (Fsp3) is 0.333. The van der Waals surface area contributed by atoms with E-state index >= 15 is 0 Å². The molecule has 1 saturated heterocycles. The lowest BCUT2D eigenvalue weighted by atomic mass is 10.0. The lowest BCUT2D eigenvalue weighted by molar-refractivity contribution is -0.393. The second-order valence-corrected chi connectivity index (χ2v) is 7.14. The first-order chi connectivity index (χ1) is 13.3. The van der Waals surface area contributed by atoms with Crippen LogP contribution >= 0.6 is 11.6 Å². The molecule has 2 aromatic carbocycles. The van der Waals surface area contributed by atoms with Crippen LogP contribution in [0.3, 0.4) is 0 Å². The van der Waals surface area contributed by atoms with Gasteiger partial charge in [0.25, 0.3) is 11.4 Å². The number of phenols is 1. The van der Waals surface area contributed by atoms with Crippen molar-refractivity contribution in [2.24, 2.45) is 0 Å². The summed E-state index contributed by atoms with van der Waals surface area (Å²) in [5, 5.41) is 35.9. The van der Waals surface area contributed by atoms with Gasteiger partial charge in [0.05, 0.1) is 15.9 Å². The van der Waals surface area contributed by atoms with Gasteiger partial charge in [-0.2, -0.15) is 0 Å². The molecule has 9 nitrogen and oxygen atoms in total. The van der Waals surface area contributed by atoms with Crippen molar-refractivity contribution >= 4 is 28.7 Å². The quantitative estimate of drug-likeness (QED) is 0.550. The summed E-state index contributed by atoms with van der Waals surface area (Å²) in [5.41, 5.74) is 0.334. The monoisotopic (exact) mass is 406 g/mol. The minimum atomic E-state index is -0.656. The van der Waals surface area contributed by atoms with Gasteiger partial charge in [-0.05, 0) is 43.7 Å². The van der Waals surface area contributed by atoms with E-state index in [-0.39, 0.29) is 28.9 Å². The van der Waals surface area contributed by atoms with Gasteiger partial charge in [0, 0.05) is 35.8 Å². The first-order valence-electron chi connectivity index (χ1n) is 8.72. The Kier molecular flexibility index (Phi) is 5.96. The number of piperidine rings is 1. The number of nitrogens with zero attached hydrogens (tertiary/aromatic N) is 3. The predicted octanol–water partition coefficient (Wildman–Crippen LogP) is 3.94. The van der Waals surface area contributed by atoms with E-state index in [0.29, 0.717) is 18.1 Å². The molecule has 10 heteroatoms. The van der Waals surface area contributed by atoms with Crippen molar-refractivity contribution in [2.75, 3.05) is 18.4 Å². The molecule has 0 spiro atoms. The molecule has 2 aromatic rings. The molecular weight excluding hydrogens is 388 g/mol. The molecule has 28 heavy (non-hydrogen) atoms. The number of hydrogen-bond donors (Lipinski definition) is 2. The van der Waals surface area contributed by atoms with E-state index < -0.39 is 9.85 Å². The largest absolute Gasteiger partial charge is 0.508 e. The SMILES string of the molecule is O=[N+]([O-])c1ccc(N[C@@H]2CCCN(Cc3cc(Cl)ccc3O)C2)c([N+](=O)[O-])c1. The Morgan fingerprint density at radius 3 is 2.68 bits per heavy atom. The van der Waals surface area contributed by atoms with Crippen LogP contribution in [0.5, 0.6) is 5.75 Å². The van der Waals surface area contributed by atoms with Crippen LogP contribution in [-0.4, -0.2) is 39.0 Å². The van der Waals surface area contributed by atoms with E-state index in [1.54, 1.807) is 18.2 Å². The standard InChI is InChI=1S/C18H19ClN4O5/c19-13-3-6-18(24)12(8-13)10-21-7-1-2-14(11-21)20-16-5-4-15(22(25)26)9-17(16)23(27)28/h3-6,8-9,14,20,24H,1-2,7,10-11H2/t14-/m1/s1. The second-order valence-electron chi connectivity index (χ2n) is 6.71. The Balaban J connectivity index is 1.72. The van der Waals surface area contributed by atoms with Gasteiger partial charge >= 0.3 is 0 Å². The predicted molar refractivity (Wildman–Crippen MR) is 105 cm³/mol. The van der Waals surface area contributed by atoms with Crippen LogP contribution in [0.1, 0.15) is 18.4 Å². The summed E-state index contributed by atoms with van der Waals surface area (Å²) in [6.07, 6.45) is 1.69. The first-order valence-corrected chi connectivity index (χ1v) is 9.10. The van der Waals surface area contributed by atoms with Gasteiger partial charge in [0.2, 0.25) is 0 Å². The lowest BCUT2D eigenvalue weighted by Gasteiger charge is -2.33. The Morgan fingerprint density at radius 2 is 1.96 bits per heavy atom. The van der Waals surface area contributed by atoms with Gasteiger partial charge in [0.15, 0.2) is 0 Å². The number of halogens is 1. The maximum atomic E-state index is 11.3. The van der Waals surface area contributed by atoms with Crippen LogP contribution in [0.25, 0.3) is 0 Å². The number of hydrogen-bond acceptors (Lipinski definition) is 7. The Hall–Kier alpha value is -2.91. The van der Waals surface area contributed by atoms with Gasteiger partial charge < -0.3 is 10.4 Å². The number of rotatable bonds is 6. The summed E-state index contributed by atoms with van der Waals surface area (Å²) >= 11 is 6.00. The van der Waals surface area contributed by atoms with Crippen LogP contribution in [0.2, 0.25) is 5.02 Å². The number of aromatic hydroxyl groups is 1. The molecule has 0 aliphatic carbocycles. The summed E-state index contributed by atoms with van der Waals surface area (Å²) in [6, 6.07) is 8.42. The minimum Gasteiger partial charge on any atom is -0.508 e. The smallest absolute Gasteiger partial charge is 0.299 e. The molecule has 1 atom stereocenters. The number of likely N-dealkylation sites (tertiary alicyclic amines) is 1. The number of benzene rings is 2. The number of phenolic OH excluding ortho intramolecular Hbond substituents is 1. The molecule has 0 bridgehead atoms. The third kappa shape index (κ3) is 4.68. The summed E-state index contributed by atoms with van der Waals surface area (Å²) in [5.74, 6) is 0.172. The summed E-state index contributed by atoms with van der Waals surface area (Å²) in [4.78, 5) is 23.0. The molecule has 0 amide bonds. The third-order valence-corrected chi connectivity index (χ3v) is 4.92. The number of nitro groups is 2. The zero-order chi connectivity index (χ0) is 20.3. The molecule has 1 aliphatic rings. The van der Waals surface area contributed by atoms with Crippen molar-refractivity contribution in [1.29, 1.82) is 0 Å². The molecule has 148 valence electrons. The molecule has 1 fully saturated rings. The van der Waals surface area contributed by atoms with E-state index in [0.717, 1.165) is 31.0 Å². The van der Waals surface area contributed by atoms with Crippen LogP contribution in [0.15, 0.2) is 36.4 Å². The molecule has 3 rings (SSSR count). The molecule has 1 aliphatic heterocycles. The number of nitro benzene ring substituents is 2. The maximum absolute atomic E-state index is 11.3. The zero-order valence-electron chi connectivity index (χ0n) is 14.9. The van der Waals surface area contributed by atoms with Gasteiger partial charge in [0.1, 0.15) is 11.4 Å². The average Bonchev–Trinajstić information content (AvgIpc) is 2.65. The maximum Gasteiger partial charge on any atom is 0.299 e. The van der Waals surface area contributed by atoms with E-state index in [2.05, 4.69) is 10.2 Å². The van der Waals surface area contributed by atoms with Crippen LogP contribution in [-0.2, 0) is 6.54 Å². The zero-order valence-corrected chi connectivity index (χ0v) is 15.6. The topological polar surface area (TPSA) is 122 Å². The van der Waals surface area contributed by atoms with Crippen LogP contribution < -0.4 is 5.32 Å². The van der Waals surface area contributed by atoms with Crippen molar-refractivity contribution in [3.63, 3.8) is 0 Å². The van der Waals surface area contributed by atoms with Crippen molar-refractivity contribution < 1.29 is 15.0 Å². The first kappa shape index (κ1) is 19.8. The fourth-order valence-electron chi connectivity index (χ4n) is 3.37. The highest BCUT2D eigenvalue weighted by molar-refractivity contribution is 6.30. The Bertz CT molecular complexity index is 908. The highest BCUT2D eigenvalue weighted by Crippen LogP contribution is 2.31. The van der Waals surface area contributed by atoms with Gasteiger partial charge in [-0.1, -0.05) is 11.6 Å².